The Labute approximate surface area is 170 Å². The predicted octanol–water partition coefficient (Wildman–Crippen LogP) is 0.570. The van der Waals surface area contributed by atoms with Crippen molar-refractivity contribution >= 4 is 27.9 Å². The van der Waals surface area contributed by atoms with Crippen LogP contribution in [0.15, 0.2) is 29.2 Å². The normalized spacial score (nSPS) is 15.2. The molecule has 0 N–H and O–H groups in total. The number of hydrogen-bond donors (Lipinski definition) is 0. The van der Waals surface area contributed by atoms with Crippen molar-refractivity contribution in [1.29, 1.82) is 0 Å². The molecular weight excluding hydrogens is 400 g/mol. The van der Waals surface area contributed by atoms with Crippen molar-refractivity contribution in [1.82, 2.24) is 9.21 Å². The summed E-state index contributed by atoms with van der Waals surface area (Å²) in [5, 5.41) is 0. The lowest BCUT2D eigenvalue weighted by Crippen LogP contribution is -2.43. The Morgan fingerprint density at radius 3 is 2.28 bits per heavy atom. The van der Waals surface area contributed by atoms with Gasteiger partial charge in [0.15, 0.2) is 6.61 Å². The zero-order valence-electron chi connectivity index (χ0n) is 16.8. The number of nitrogens with zero attached hydrogens (tertiary/aromatic N) is 2. The molecule has 0 aliphatic carbocycles. The molecule has 2 rings (SSSR count). The molecule has 1 aliphatic heterocycles. The number of likely N-dealkylation sites (tertiary alicyclic amines) is 1. The molecular formula is C19H26N2O7S. The largest absolute Gasteiger partial charge is 0.469 e. The van der Waals surface area contributed by atoms with E-state index in [4.69, 9.17) is 9.47 Å². The summed E-state index contributed by atoms with van der Waals surface area (Å²) in [4.78, 5) is 37.3. The summed E-state index contributed by atoms with van der Waals surface area (Å²) in [5.41, 5.74) is 0.917. The van der Waals surface area contributed by atoms with Crippen molar-refractivity contribution in [2.75, 3.05) is 40.4 Å². The highest BCUT2D eigenvalue weighted by Crippen LogP contribution is 2.18. The summed E-state index contributed by atoms with van der Waals surface area (Å²) in [6, 6.07) is 6.27. The molecule has 1 aromatic carbocycles. The smallest absolute Gasteiger partial charge is 0.321 e. The van der Waals surface area contributed by atoms with E-state index in [0.717, 1.165) is 9.87 Å². The maximum absolute atomic E-state index is 12.5. The second-order valence-electron chi connectivity index (χ2n) is 6.91. The summed E-state index contributed by atoms with van der Waals surface area (Å²) in [6.45, 7) is 1.61. The number of carbonyl (C=O) groups excluding carboxylic acids is 3. The fourth-order valence-corrected chi connectivity index (χ4v) is 4.08. The Morgan fingerprint density at radius 1 is 1.14 bits per heavy atom. The zero-order chi connectivity index (χ0) is 21.6. The first kappa shape index (κ1) is 22.8. The number of benzene rings is 1. The highest BCUT2D eigenvalue weighted by molar-refractivity contribution is 7.89. The number of amides is 1. The van der Waals surface area contributed by atoms with Crippen LogP contribution in [0.1, 0.15) is 18.4 Å². The number of rotatable bonds is 7. The Bertz CT molecular complexity index is 844. The number of carbonyl (C=O) groups is 3. The molecule has 0 bridgehead atoms. The van der Waals surface area contributed by atoms with Crippen LogP contribution in [-0.4, -0.2) is 75.9 Å². The molecule has 1 saturated heterocycles. The number of esters is 2. The molecule has 1 aliphatic rings. The van der Waals surface area contributed by atoms with Crippen molar-refractivity contribution in [3.63, 3.8) is 0 Å². The zero-order valence-corrected chi connectivity index (χ0v) is 17.6. The first-order chi connectivity index (χ1) is 13.6. The SMILES string of the molecule is COC(=O)C1CCN(C(=O)COC(=O)CN(C)S(=O)(=O)c2ccc(C)cc2)CC1. The molecule has 0 saturated carbocycles. The molecule has 0 atom stereocenters. The third kappa shape index (κ3) is 6.01. The van der Waals surface area contributed by atoms with E-state index in [1.54, 1.807) is 12.1 Å². The molecule has 160 valence electrons. The second-order valence-corrected chi connectivity index (χ2v) is 8.96. The minimum atomic E-state index is -3.83. The van der Waals surface area contributed by atoms with Gasteiger partial charge in [0.25, 0.3) is 5.91 Å². The highest BCUT2D eigenvalue weighted by Gasteiger charge is 2.29. The van der Waals surface area contributed by atoms with Gasteiger partial charge >= 0.3 is 11.9 Å². The number of sulfonamides is 1. The van der Waals surface area contributed by atoms with Crippen molar-refractivity contribution in [3.8, 4) is 0 Å². The average molecular weight is 426 g/mol. The van der Waals surface area contributed by atoms with E-state index in [1.165, 1.54) is 31.2 Å². The van der Waals surface area contributed by atoms with Crippen LogP contribution >= 0.6 is 0 Å². The quantitative estimate of drug-likeness (QED) is 0.586. The minimum Gasteiger partial charge on any atom is -0.469 e. The lowest BCUT2D eigenvalue weighted by Gasteiger charge is -2.30. The summed E-state index contributed by atoms with van der Waals surface area (Å²) in [6.07, 6.45) is 0.980. The van der Waals surface area contributed by atoms with Crippen LogP contribution < -0.4 is 0 Å². The second kappa shape index (κ2) is 9.84. The molecule has 10 heteroatoms. The van der Waals surface area contributed by atoms with Gasteiger partial charge in [0.2, 0.25) is 10.0 Å². The van der Waals surface area contributed by atoms with E-state index in [2.05, 4.69) is 0 Å². The third-order valence-electron chi connectivity index (χ3n) is 4.82. The minimum absolute atomic E-state index is 0.0722. The Balaban J connectivity index is 1.81. The summed E-state index contributed by atoms with van der Waals surface area (Å²) in [7, 11) is -1.23. The molecule has 0 spiro atoms. The molecule has 1 aromatic rings. The number of likely N-dealkylation sites (N-methyl/N-ethyl adjacent to an activating group) is 1. The molecule has 1 fully saturated rings. The van der Waals surface area contributed by atoms with E-state index in [9.17, 15) is 22.8 Å². The lowest BCUT2D eigenvalue weighted by molar-refractivity contribution is -0.154. The fourth-order valence-electron chi connectivity index (χ4n) is 2.97. The number of methoxy groups -OCH3 is 1. The van der Waals surface area contributed by atoms with Gasteiger partial charge in [-0.2, -0.15) is 4.31 Å². The van der Waals surface area contributed by atoms with Gasteiger partial charge in [0, 0.05) is 20.1 Å². The average Bonchev–Trinajstić information content (AvgIpc) is 2.71. The molecule has 9 nitrogen and oxygen atoms in total. The highest BCUT2D eigenvalue weighted by atomic mass is 32.2. The fraction of sp³-hybridized carbons (Fsp3) is 0.526. The molecule has 0 radical (unpaired) electrons. The van der Waals surface area contributed by atoms with Crippen LogP contribution in [0, 0.1) is 12.8 Å². The van der Waals surface area contributed by atoms with Gasteiger partial charge in [-0.15, -0.1) is 0 Å². The van der Waals surface area contributed by atoms with Crippen LogP contribution in [-0.2, 0) is 33.9 Å². The van der Waals surface area contributed by atoms with E-state index >= 15 is 0 Å². The van der Waals surface area contributed by atoms with Crippen LogP contribution in [0.25, 0.3) is 0 Å². The van der Waals surface area contributed by atoms with E-state index in [-0.39, 0.29) is 22.7 Å². The first-order valence-electron chi connectivity index (χ1n) is 9.19. The van der Waals surface area contributed by atoms with Crippen molar-refractivity contribution in [2.45, 2.75) is 24.7 Å². The van der Waals surface area contributed by atoms with E-state index in [0.29, 0.717) is 25.9 Å². The van der Waals surface area contributed by atoms with Crippen LogP contribution in [0.5, 0.6) is 0 Å². The van der Waals surface area contributed by atoms with E-state index < -0.39 is 29.1 Å². The van der Waals surface area contributed by atoms with Gasteiger partial charge in [0.05, 0.1) is 17.9 Å². The maximum Gasteiger partial charge on any atom is 0.321 e. The van der Waals surface area contributed by atoms with Gasteiger partial charge in [-0.05, 0) is 31.9 Å². The van der Waals surface area contributed by atoms with Crippen LogP contribution in [0.3, 0.4) is 0 Å². The number of hydrogen-bond acceptors (Lipinski definition) is 7. The Morgan fingerprint density at radius 2 is 1.72 bits per heavy atom. The third-order valence-corrected chi connectivity index (χ3v) is 6.64. The summed E-state index contributed by atoms with van der Waals surface area (Å²) in [5.74, 6) is -1.72. The molecule has 0 unspecified atom stereocenters. The molecule has 1 heterocycles. The van der Waals surface area contributed by atoms with E-state index in [1.807, 2.05) is 6.92 Å². The van der Waals surface area contributed by atoms with Crippen molar-refractivity contribution < 1.29 is 32.3 Å². The van der Waals surface area contributed by atoms with Crippen LogP contribution in [0.4, 0.5) is 0 Å². The molecule has 1 amide bonds. The number of aryl methyl sites for hydroxylation is 1. The monoisotopic (exact) mass is 426 g/mol. The maximum atomic E-state index is 12.5. The predicted molar refractivity (Wildman–Crippen MR) is 103 cm³/mol. The number of piperidine rings is 1. The van der Waals surface area contributed by atoms with Gasteiger partial charge in [-0.1, -0.05) is 17.7 Å². The Kier molecular flexibility index (Phi) is 7.74. The Hall–Kier alpha value is -2.46. The van der Waals surface area contributed by atoms with Gasteiger partial charge in [-0.25, -0.2) is 8.42 Å². The lowest BCUT2D eigenvalue weighted by atomic mass is 9.97. The summed E-state index contributed by atoms with van der Waals surface area (Å²) < 4.78 is 35.5. The van der Waals surface area contributed by atoms with Gasteiger partial charge < -0.3 is 14.4 Å². The number of ether oxygens (including phenoxy) is 2. The van der Waals surface area contributed by atoms with Gasteiger partial charge in [-0.3, -0.25) is 14.4 Å². The molecule has 29 heavy (non-hydrogen) atoms. The topological polar surface area (TPSA) is 110 Å². The molecule has 0 aromatic heterocycles. The first-order valence-corrected chi connectivity index (χ1v) is 10.6. The van der Waals surface area contributed by atoms with Crippen molar-refractivity contribution in [3.05, 3.63) is 29.8 Å². The van der Waals surface area contributed by atoms with Gasteiger partial charge in [0.1, 0.15) is 6.54 Å². The van der Waals surface area contributed by atoms with Crippen molar-refractivity contribution in [2.24, 2.45) is 5.92 Å². The standard InChI is InChI=1S/C19H26N2O7S/c1-14-4-6-16(7-5-14)29(25,26)20(2)12-18(23)28-13-17(22)21-10-8-15(9-11-21)19(24)27-3/h4-7,15H,8-13H2,1-3H3. The summed E-state index contributed by atoms with van der Waals surface area (Å²) >= 11 is 0. The van der Waals surface area contributed by atoms with Crippen LogP contribution in [0.2, 0.25) is 0 Å².